The van der Waals surface area contributed by atoms with E-state index in [4.69, 9.17) is 14.5 Å². The van der Waals surface area contributed by atoms with Crippen LogP contribution in [0.1, 0.15) is 30.2 Å². The molecule has 2 aromatic heterocycles. The minimum absolute atomic E-state index is 0.0236. The van der Waals surface area contributed by atoms with Crippen molar-refractivity contribution >= 4 is 33.3 Å². The third-order valence-corrected chi connectivity index (χ3v) is 8.29. The molecule has 0 saturated carbocycles. The standard InChI is InChI=1S/C23H27N3O3S2/c1-3-25-10-9-18-19(13-25)31-21-20(18)22(27)26(15-6-4-7-16(12-15)28-2)23(24-21)30-14-17-8-5-11-29-17/h4,6-7,12,17H,3,5,8-11,13-14H2,1-2H3. The number of hydrogen-bond acceptors (Lipinski definition) is 7. The number of thioether (sulfide) groups is 1. The Labute approximate surface area is 190 Å². The summed E-state index contributed by atoms with van der Waals surface area (Å²) < 4.78 is 13.0. The van der Waals surface area contributed by atoms with Gasteiger partial charge in [-0.2, -0.15) is 0 Å². The van der Waals surface area contributed by atoms with Crippen LogP contribution in [0.4, 0.5) is 0 Å². The molecular weight excluding hydrogens is 430 g/mol. The van der Waals surface area contributed by atoms with Crippen molar-refractivity contribution in [2.45, 2.75) is 44.0 Å². The van der Waals surface area contributed by atoms with Gasteiger partial charge < -0.3 is 9.47 Å². The largest absolute Gasteiger partial charge is 0.497 e. The van der Waals surface area contributed by atoms with Gasteiger partial charge in [0, 0.05) is 36.4 Å². The number of aromatic nitrogens is 2. The van der Waals surface area contributed by atoms with Crippen molar-refractivity contribution < 1.29 is 9.47 Å². The van der Waals surface area contributed by atoms with Gasteiger partial charge in [-0.15, -0.1) is 11.3 Å². The summed E-state index contributed by atoms with van der Waals surface area (Å²) in [5.74, 6) is 1.53. The summed E-state index contributed by atoms with van der Waals surface area (Å²) in [7, 11) is 1.64. The van der Waals surface area contributed by atoms with Crippen LogP contribution in [0.25, 0.3) is 15.9 Å². The van der Waals surface area contributed by atoms with Gasteiger partial charge in [-0.05, 0) is 43.5 Å². The number of benzene rings is 1. The van der Waals surface area contributed by atoms with Crippen LogP contribution in [0, 0.1) is 0 Å². The zero-order chi connectivity index (χ0) is 21.4. The molecule has 1 unspecified atom stereocenters. The highest BCUT2D eigenvalue weighted by Gasteiger charge is 2.26. The molecule has 5 rings (SSSR count). The van der Waals surface area contributed by atoms with Crippen molar-refractivity contribution in [1.29, 1.82) is 0 Å². The number of nitrogens with zero attached hydrogens (tertiary/aromatic N) is 3. The van der Waals surface area contributed by atoms with E-state index >= 15 is 0 Å². The Morgan fingerprint density at radius 1 is 1.39 bits per heavy atom. The molecule has 2 aliphatic rings. The van der Waals surface area contributed by atoms with Crippen LogP contribution in [-0.4, -0.2) is 53.1 Å². The summed E-state index contributed by atoms with van der Waals surface area (Å²) in [6, 6.07) is 7.67. The molecule has 0 spiro atoms. The third kappa shape index (κ3) is 4.02. The third-order valence-electron chi connectivity index (χ3n) is 6.10. The second-order valence-electron chi connectivity index (χ2n) is 7.99. The van der Waals surface area contributed by atoms with Crippen molar-refractivity contribution in [3.8, 4) is 11.4 Å². The van der Waals surface area contributed by atoms with E-state index in [1.807, 2.05) is 24.3 Å². The minimum atomic E-state index is 0.0236. The molecule has 1 atom stereocenters. The quantitative estimate of drug-likeness (QED) is 0.410. The molecule has 8 heteroatoms. The van der Waals surface area contributed by atoms with Gasteiger partial charge in [-0.25, -0.2) is 4.98 Å². The van der Waals surface area contributed by atoms with Gasteiger partial charge in [0.25, 0.3) is 5.56 Å². The molecular formula is C23H27N3O3S2. The highest BCUT2D eigenvalue weighted by molar-refractivity contribution is 7.99. The van der Waals surface area contributed by atoms with E-state index in [1.165, 1.54) is 10.4 Å². The summed E-state index contributed by atoms with van der Waals surface area (Å²) in [4.78, 5) is 23.4. The summed E-state index contributed by atoms with van der Waals surface area (Å²) in [6.07, 6.45) is 3.30. The number of thiophene rings is 1. The van der Waals surface area contributed by atoms with Crippen LogP contribution < -0.4 is 10.3 Å². The van der Waals surface area contributed by atoms with Gasteiger partial charge in [-0.1, -0.05) is 24.8 Å². The minimum Gasteiger partial charge on any atom is -0.497 e. The lowest BCUT2D eigenvalue weighted by Gasteiger charge is -2.25. The summed E-state index contributed by atoms with van der Waals surface area (Å²) in [5, 5.41) is 1.52. The predicted octanol–water partition coefficient (Wildman–Crippen LogP) is 4.10. The average Bonchev–Trinajstić information content (AvgIpc) is 3.44. The number of likely N-dealkylation sites (N-methyl/N-ethyl adjacent to an activating group) is 1. The lowest BCUT2D eigenvalue weighted by molar-refractivity contribution is 0.129. The molecule has 1 aromatic carbocycles. The molecule has 3 aromatic rings. The smallest absolute Gasteiger partial charge is 0.267 e. The van der Waals surface area contributed by atoms with E-state index < -0.39 is 0 Å². The Bertz CT molecular complexity index is 1150. The van der Waals surface area contributed by atoms with E-state index in [9.17, 15) is 4.79 Å². The fraction of sp³-hybridized carbons (Fsp3) is 0.478. The molecule has 1 saturated heterocycles. The van der Waals surface area contributed by atoms with Crippen LogP contribution >= 0.6 is 23.1 Å². The number of methoxy groups -OCH3 is 1. The van der Waals surface area contributed by atoms with Crippen molar-refractivity contribution in [3.05, 3.63) is 45.1 Å². The van der Waals surface area contributed by atoms with Gasteiger partial charge in [-0.3, -0.25) is 14.3 Å². The lowest BCUT2D eigenvalue weighted by atomic mass is 10.1. The maximum Gasteiger partial charge on any atom is 0.267 e. The first-order valence-electron chi connectivity index (χ1n) is 10.9. The molecule has 4 heterocycles. The maximum absolute atomic E-state index is 13.9. The number of rotatable bonds is 6. The van der Waals surface area contributed by atoms with Gasteiger partial charge >= 0.3 is 0 Å². The van der Waals surface area contributed by atoms with Crippen molar-refractivity contribution in [3.63, 3.8) is 0 Å². The highest BCUT2D eigenvalue weighted by atomic mass is 32.2. The van der Waals surface area contributed by atoms with E-state index in [0.29, 0.717) is 0 Å². The zero-order valence-electron chi connectivity index (χ0n) is 17.9. The Morgan fingerprint density at radius 2 is 2.29 bits per heavy atom. The SMILES string of the molecule is CCN1CCc2c(sc3nc(SCC4CCCO4)n(-c4cccc(OC)c4)c(=O)c23)C1. The Balaban J connectivity index is 1.64. The van der Waals surface area contributed by atoms with Crippen LogP contribution in [-0.2, 0) is 17.7 Å². The second-order valence-corrected chi connectivity index (χ2v) is 10.1. The Morgan fingerprint density at radius 3 is 3.06 bits per heavy atom. The number of ether oxygens (including phenoxy) is 2. The maximum atomic E-state index is 13.9. The van der Waals surface area contributed by atoms with E-state index in [1.54, 1.807) is 34.8 Å². The van der Waals surface area contributed by atoms with Crippen LogP contribution in [0.15, 0.2) is 34.2 Å². The van der Waals surface area contributed by atoms with Gasteiger partial charge in [0.1, 0.15) is 10.6 Å². The van der Waals surface area contributed by atoms with E-state index in [2.05, 4.69) is 11.8 Å². The van der Waals surface area contributed by atoms with Crippen molar-refractivity contribution in [2.24, 2.45) is 0 Å². The first kappa shape index (κ1) is 21.0. The number of hydrogen-bond donors (Lipinski definition) is 0. The van der Waals surface area contributed by atoms with Gasteiger partial charge in [0.05, 0.1) is 24.3 Å². The lowest BCUT2D eigenvalue weighted by Crippen LogP contribution is -2.30. The van der Waals surface area contributed by atoms with Crippen molar-refractivity contribution in [2.75, 3.05) is 32.6 Å². The fourth-order valence-corrected chi connectivity index (χ4v) is 6.75. The monoisotopic (exact) mass is 457 g/mol. The van der Waals surface area contributed by atoms with Gasteiger partial charge in [0.15, 0.2) is 5.16 Å². The van der Waals surface area contributed by atoms with Crippen LogP contribution in [0.3, 0.4) is 0 Å². The molecule has 6 nitrogen and oxygen atoms in total. The highest BCUT2D eigenvalue weighted by Crippen LogP contribution is 2.35. The van der Waals surface area contributed by atoms with Crippen molar-refractivity contribution in [1.82, 2.24) is 14.5 Å². The van der Waals surface area contributed by atoms with Gasteiger partial charge in [0.2, 0.25) is 0 Å². The second kappa shape index (κ2) is 8.94. The van der Waals surface area contributed by atoms with E-state index in [-0.39, 0.29) is 11.7 Å². The first-order chi connectivity index (χ1) is 15.2. The fourth-order valence-electron chi connectivity index (χ4n) is 4.36. The molecule has 0 radical (unpaired) electrons. The molecule has 164 valence electrons. The zero-order valence-corrected chi connectivity index (χ0v) is 19.6. The topological polar surface area (TPSA) is 56.6 Å². The normalized spacial score (nSPS) is 19.1. The summed E-state index contributed by atoms with van der Waals surface area (Å²) >= 11 is 3.30. The Kier molecular flexibility index (Phi) is 6.05. The first-order valence-corrected chi connectivity index (χ1v) is 12.7. The molecule has 0 bridgehead atoms. The molecule has 2 aliphatic heterocycles. The molecule has 0 N–H and O–H groups in total. The summed E-state index contributed by atoms with van der Waals surface area (Å²) in [6.45, 7) is 5.93. The molecule has 0 amide bonds. The average molecular weight is 458 g/mol. The molecule has 31 heavy (non-hydrogen) atoms. The van der Waals surface area contributed by atoms with Crippen LogP contribution in [0.5, 0.6) is 5.75 Å². The Hall–Kier alpha value is -1.87. The van der Waals surface area contributed by atoms with E-state index in [0.717, 1.165) is 78.1 Å². The van der Waals surface area contributed by atoms with Crippen LogP contribution in [0.2, 0.25) is 0 Å². The predicted molar refractivity (Wildman–Crippen MR) is 126 cm³/mol. The number of fused-ring (bicyclic) bond motifs is 3. The molecule has 1 fully saturated rings. The molecule has 0 aliphatic carbocycles. The summed E-state index contributed by atoms with van der Waals surface area (Å²) in [5.41, 5.74) is 2.00.